The summed E-state index contributed by atoms with van der Waals surface area (Å²) in [4.78, 5) is 12.4. The molecule has 2 rings (SSSR count). The largest absolute Gasteiger partial charge is 0.458 e. The van der Waals surface area contributed by atoms with Crippen molar-refractivity contribution in [2.75, 3.05) is 4.43 Å². The van der Waals surface area contributed by atoms with E-state index in [1.54, 1.807) is 0 Å². The van der Waals surface area contributed by atoms with E-state index in [2.05, 4.69) is 45.2 Å². The summed E-state index contributed by atoms with van der Waals surface area (Å²) in [5, 5.41) is 0. The van der Waals surface area contributed by atoms with Gasteiger partial charge in [-0.15, -0.1) is 0 Å². The molecule has 0 aliphatic heterocycles. The van der Waals surface area contributed by atoms with E-state index in [0.717, 1.165) is 17.3 Å². The Bertz CT molecular complexity index is 303. The third kappa shape index (κ3) is 3.15. The Balaban J connectivity index is 2.09. The number of rotatable bonds is 4. The molecule has 0 aromatic heterocycles. The quantitative estimate of drug-likeness (QED) is 0.336. The van der Waals surface area contributed by atoms with Crippen LogP contribution in [0.25, 0.3) is 0 Å². The van der Waals surface area contributed by atoms with E-state index in [0.29, 0.717) is 5.92 Å². The second-order valence-corrected chi connectivity index (χ2v) is 9.12. The summed E-state index contributed by atoms with van der Waals surface area (Å²) < 4.78 is 6.53. The second-order valence-electron chi connectivity index (χ2n) is 5.97. The highest BCUT2D eigenvalue weighted by Crippen LogP contribution is 2.47. The minimum atomic E-state index is -0.369. The van der Waals surface area contributed by atoms with Gasteiger partial charge in [-0.2, -0.15) is 0 Å². The number of esters is 1. The molecule has 2 saturated carbocycles. The van der Waals surface area contributed by atoms with Crippen molar-refractivity contribution in [2.45, 2.75) is 67.3 Å². The van der Waals surface area contributed by atoms with E-state index in [-0.39, 0.29) is 15.0 Å². The zero-order valence-electron chi connectivity index (χ0n) is 11.0. The summed E-state index contributed by atoms with van der Waals surface area (Å²) in [6, 6.07) is 0. The van der Waals surface area contributed by atoms with E-state index < -0.39 is 0 Å². The van der Waals surface area contributed by atoms with Gasteiger partial charge in [-0.25, -0.2) is 0 Å². The van der Waals surface area contributed by atoms with Crippen LogP contribution in [-0.2, 0) is 9.53 Å². The third-order valence-electron chi connectivity index (χ3n) is 4.52. The fourth-order valence-electron chi connectivity index (χ4n) is 3.36. The van der Waals surface area contributed by atoms with Crippen molar-refractivity contribution < 1.29 is 9.53 Å². The van der Waals surface area contributed by atoms with Gasteiger partial charge in [0.05, 0.1) is 0 Å². The molecule has 0 aromatic carbocycles. The number of carbonyl (C=O) groups excluding carboxylic acids is 1. The van der Waals surface area contributed by atoms with Gasteiger partial charge in [-0.3, -0.25) is 4.79 Å². The van der Waals surface area contributed by atoms with Crippen molar-refractivity contribution in [1.82, 2.24) is 0 Å². The maximum atomic E-state index is 12.4. The van der Waals surface area contributed by atoms with Gasteiger partial charge in [0, 0.05) is 4.43 Å². The van der Waals surface area contributed by atoms with Crippen LogP contribution in [0, 0.1) is 5.92 Å². The number of alkyl halides is 2. The molecule has 0 heterocycles. The van der Waals surface area contributed by atoms with Gasteiger partial charge in [0.1, 0.15) is 9.02 Å². The Morgan fingerprint density at radius 3 is 2.33 bits per heavy atom. The molecule has 0 aromatic rings. The maximum absolute atomic E-state index is 12.4. The number of hydrogen-bond donors (Lipinski definition) is 0. The zero-order chi connectivity index (χ0) is 13.2. The molecule has 1 unspecified atom stereocenters. The molecule has 0 N–H and O–H groups in total. The summed E-state index contributed by atoms with van der Waals surface area (Å²) in [6.45, 7) is 1.99. The van der Waals surface area contributed by atoms with Gasteiger partial charge in [-0.1, -0.05) is 58.0 Å². The second kappa shape index (κ2) is 6.14. The lowest BCUT2D eigenvalue weighted by Crippen LogP contribution is -2.44. The first-order chi connectivity index (χ1) is 8.50. The Morgan fingerprint density at radius 1 is 1.28 bits per heavy atom. The number of carbonyl (C=O) groups is 1. The third-order valence-corrected chi connectivity index (χ3v) is 8.33. The number of halogens is 2. The highest BCUT2D eigenvalue weighted by molar-refractivity contribution is 14.1. The zero-order valence-corrected chi connectivity index (χ0v) is 15.3. The molecule has 2 aliphatic carbocycles. The van der Waals surface area contributed by atoms with Crippen molar-refractivity contribution in [1.29, 1.82) is 0 Å². The lowest BCUT2D eigenvalue weighted by atomic mass is 9.84. The average molecular weight is 476 g/mol. The molecule has 2 aliphatic rings. The van der Waals surface area contributed by atoms with E-state index in [4.69, 9.17) is 4.74 Å². The standard InChI is InChI=1S/C14H22I2O2/c1-13(16,10-15)12(17)18-14(8-4-5-9-14)11-6-2-3-7-11/h11H,2-10H2,1H3. The Hall–Kier alpha value is 0.930. The number of hydrogen-bond acceptors (Lipinski definition) is 2. The summed E-state index contributed by atoms with van der Waals surface area (Å²) in [5.41, 5.74) is -0.105. The van der Waals surface area contributed by atoms with Crippen LogP contribution in [0.3, 0.4) is 0 Å². The van der Waals surface area contributed by atoms with Gasteiger partial charge >= 0.3 is 5.97 Å². The van der Waals surface area contributed by atoms with E-state index in [1.807, 2.05) is 6.92 Å². The first-order valence-corrected chi connectivity index (χ1v) is 9.59. The van der Waals surface area contributed by atoms with Crippen molar-refractivity contribution in [3.63, 3.8) is 0 Å². The van der Waals surface area contributed by atoms with Crippen LogP contribution < -0.4 is 0 Å². The van der Waals surface area contributed by atoms with Crippen LogP contribution in [0.2, 0.25) is 0 Å². The molecule has 0 spiro atoms. The molecule has 0 radical (unpaired) electrons. The van der Waals surface area contributed by atoms with Crippen molar-refractivity contribution >= 4 is 51.2 Å². The fraction of sp³-hybridized carbons (Fsp3) is 0.929. The van der Waals surface area contributed by atoms with Gasteiger partial charge < -0.3 is 4.74 Å². The highest BCUT2D eigenvalue weighted by Gasteiger charge is 2.47. The van der Waals surface area contributed by atoms with Crippen LogP contribution in [-0.4, -0.2) is 19.4 Å². The lowest BCUT2D eigenvalue weighted by Gasteiger charge is -2.37. The normalized spacial score (nSPS) is 27.1. The summed E-state index contributed by atoms with van der Waals surface area (Å²) >= 11 is 4.52. The van der Waals surface area contributed by atoms with Gasteiger partial charge in [-0.05, 0) is 51.4 Å². The smallest absolute Gasteiger partial charge is 0.323 e. The minimum Gasteiger partial charge on any atom is -0.458 e. The number of ether oxygens (including phenoxy) is 1. The molecule has 2 nitrogen and oxygen atoms in total. The Morgan fingerprint density at radius 2 is 1.83 bits per heavy atom. The van der Waals surface area contributed by atoms with Crippen LogP contribution >= 0.6 is 45.2 Å². The van der Waals surface area contributed by atoms with Gasteiger partial charge in [0.15, 0.2) is 0 Å². The SMILES string of the molecule is CC(I)(CI)C(=O)OC1(C2CCCC2)CCCC1. The molecular weight excluding hydrogens is 454 g/mol. The summed E-state index contributed by atoms with van der Waals surface area (Å²) in [5.74, 6) is 0.636. The molecule has 1 atom stereocenters. The molecule has 0 saturated heterocycles. The van der Waals surface area contributed by atoms with E-state index in [9.17, 15) is 4.79 Å². The highest BCUT2D eigenvalue weighted by atomic mass is 127. The van der Waals surface area contributed by atoms with Crippen LogP contribution in [0.15, 0.2) is 0 Å². The molecule has 18 heavy (non-hydrogen) atoms. The predicted octanol–water partition coefficient (Wildman–Crippen LogP) is 4.66. The first kappa shape index (κ1) is 15.3. The molecule has 0 bridgehead atoms. The van der Waals surface area contributed by atoms with Crippen LogP contribution in [0.1, 0.15) is 58.3 Å². The van der Waals surface area contributed by atoms with Gasteiger partial charge in [0.2, 0.25) is 0 Å². The Kier molecular flexibility index (Phi) is 5.23. The monoisotopic (exact) mass is 476 g/mol. The van der Waals surface area contributed by atoms with Crippen LogP contribution in [0.4, 0.5) is 0 Å². The topological polar surface area (TPSA) is 26.3 Å². The van der Waals surface area contributed by atoms with E-state index >= 15 is 0 Å². The average Bonchev–Trinajstić information content (AvgIpc) is 2.99. The van der Waals surface area contributed by atoms with Crippen molar-refractivity contribution in [2.24, 2.45) is 5.92 Å². The fourth-order valence-corrected chi connectivity index (χ4v) is 3.79. The predicted molar refractivity (Wildman–Crippen MR) is 90.6 cm³/mol. The Labute approximate surface area is 137 Å². The maximum Gasteiger partial charge on any atom is 0.323 e. The minimum absolute atomic E-state index is 0.00583. The first-order valence-electron chi connectivity index (χ1n) is 6.98. The van der Waals surface area contributed by atoms with E-state index in [1.165, 1.54) is 38.5 Å². The van der Waals surface area contributed by atoms with Gasteiger partial charge in [0.25, 0.3) is 0 Å². The molecular formula is C14H22I2O2. The lowest BCUT2D eigenvalue weighted by molar-refractivity contribution is -0.166. The molecule has 0 amide bonds. The van der Waals surface area contributed by atoms with Crippen molar-refractivity contribution in [3.05, 3.63) is 0 Å². The summed E-state index contributed by atoms with van der Waals surface area (Å²) in [7, 11) is 0. The van der Waals surface area contributed by atoms with Crippen LogP contribution in [0.5, 0.6) is 0 Å². The van der Waals surface area contributed by atoms with Crippen molar-refractivity contribution in [3.8, 4) is 0 Å². The molecule has 4 heteroatoms. The molecule has 104 valence electrons. The molecule has 2 fully saturated rings. The summed E-state index contributed by atoms with van der Waals surface area (Å²) in [6.07, 6.45) is 9.80.